The van der Waals surface area contributed by atoms with Gasteiger partial charge in [0.2, 0.25) is 0 Å². The van der Waals surface area contributed by atoms with Gasteiger partial charge in [0.05, 0.1) is 20.3 Å². The summed E-state index contributed by atoms with van der Waals surface area (Å²) in [6.45, 7) is 12.0. The van der Waals surface area contributed by atoms with E-state index in [-0.39, 0.29) is 11.5 Å². The summed E-state index contributed by atoms with van der Waals surface area (Å²) in [5.41, 5.74) is 11.5. The summed E-state index contributed by atoms with van der Waals surface area (Å²) in [5, 5.41) is 21.0. The normalized spacial score (nSPS) is 11.7. The van der Waals surface area contributed by atoms with Crippen LogP contribution in [0.3, 0.4) is 0 Å². The van der Waals surface area contributed by atoms with Crippen LogP contribution in [0.2, 0.25) is 0 Å². The Hall–Kier alpha value is -3.22. The van der Waals surface area contributed by atoms with Crippen LogP contribution in [0.25, 0.3) is 11.1 Å². The van der Waals surface area contributed by atoms with Crippen LogP contribution in [-0.2, 0) is 0 Å². The van der Waals surface area contributed by atoms with Crippen LogP contribution < -0.4 is 0 Å². The second-order valence-electron chi connectivity index (χ2n) is 9.66. The number of hydrogen-bond acceptors (Lipinski definition) is 4. The molecule has 0 aliphatic rings. The second kappa shape index (κ2) is 11.3. The van der Waals surface area contributed by atoms with E-state index in [4.69, 9.17) is 0 Å². The standard InChI is InChI=1S/C32H30Br2N2O2/c1-17-11-25(31(37)29(33)21(17)5)15-35-27-9-7-23(13-19(27)3)24-8-10-28(20(4)14-24)36-16-26-12-18(2)22(6)30(34)32(26)38/h7-16,37-38H,1-6H3. The molecule has 0 saturated carbocycles. The van der Waals surface area contributed by atoms with E-state index < -0.39 is 0 Å². The van der Waals surface area contributed by atoms with Crippen molar-refractivity contribution in [2.75, 3.05) is 0 Å². The lowest BCUT2D eigenvalue weighted by molar-refractivity contribution is 0.469. The molecule has 0 bridgehead atoms. The molecule has 2 N–H and O–H groups in total. The maximum atomic E-state index is 10.5. The van der Waals surface area contributed by atoms with Crippen molar-refractivity contribution in [3.63, 3.8) is 0 Å². The summed E-state index contributed by atoms with van der Waals surface area (Å²) in [5.74, 6) is 0.398. The molecule has 194 valence electrons. The summed E-state index contributed by atoms with van der Waals surface area (Å²) < 4.78 is 1.40. The molecule has 0 radical (unpaired) electrons. The van der Waals surface area contributed by atoms with Crippen LogP contribution in [-0.4, -0.2) is 22.6 Å². The lowest BCUT2D eigenvalue weighted by Crippen LogP contribution is -1.91. The van der Waals surface area contributed by atoms with Crippen LogP contribution in [0, 0.1) is 41.5 Å². The number of aromatic hydroxyl groups is 2. The number of phenolic OH excluding ortho intramolecular Hbond substituents is 2. The van der Waals surface area contributed by atoms with Gasteiger partial charge in [-0.1, -0.05) is 12.1 Å². The second-order valence-corrected chi connectivity index (χ2v) is 11.2. The fraction of sp³-hybridized carbons (Fsp3) is 0.188. The Balaban J connectivity index is 1.57. The average Bonchev–Trinajstić information content (AvgIpc) is 2.90. The maximum absolute atomic E-state index is 10.5. The molecule has 0 amide bonds. The van der Waals surface area contributed by atoms with Gasteiger partial charge in [-0.25, -0.2) is 0 Å². The Bertz CT molecular complexity index is 1500. The molecule has 0 unspecified atom stereocenters. The van der Waals surface area contributed by atoms with Gasteiger partial charge < -0.3 is 10.2 Å². The quantitative estimate of drug-likeness (QED) is 0.215. The Morgan fingerprint density at radius 1 is 0.553 bits per heavy atom. The highest BCUT2D eigenvalue weighted by Gasteiger charge is 2.11. The zero-order valence-electron chi connectivity index (χ0n) is 22.3. The summed E-state index contributed by atoms with van der Waals surface area (Å²) in [4.78, 5) is 9.29. The molecule has 0 spiro atoms. The third-order valence-electron chi connectivity index (χ3n) is 6.96. The van der Waals surface area contributed by atoms with E-state index in [0.29, 0.717) is 20.1 Å². The molecule has 0 aromatic heterocycles. The van der Waals surface area contributed by atoms with Crippen LogP contribution in [0.15, 0.2) is 67.5 Å². The lowest BCUT2D eigenvalue weighted by Gasteiger charge is -2.10. The predicted molar refractivity (Wildman–Crippen MR) is 166 cm³/mol. The molecule has 4 aromatic carbocycles. The number of phenols is 2. The van der Waals surface area contributed by atoms with E-state index in [1.54, 1.807) is 12.4 Å². The summed E-state index contributed by atoms with van der Waals surface area (Å²) >= 11 is 6.93. The van der Waals surface area contributed by atoms with E-state index in [0.717, 1.165) is 55.9 Å². The zero-order chi connectivity index (χ0) is 27.7. The highest BCUT2D eigenvalue weighted by Crippen LogP contribution is 2.35. The SMILES string of the molecule is Cc1cc(-c2ccc(N=Cc3cc(C)c(C)c(Br)c3O)c(C)c2)ccc1N=Cc1cc(C)c(C)c(Br)c1O. The molecular weight excluding hydrogens is 604 g/mol. The van der Waals surface area contributed by atoms with Crippen molar-refractivity contribution in [2.45, 2.75) is 41.5 Å². The molecule has 4 rings (SSSR count). The number of aryl methyl sites for hydroxylation is 4. The minimum Gasteiger partial charge on any atom is -0.506 e. The number of nitrogens with zero attached hydrogens (tertiary/aromatic N) is 2. The molecule has 38 heavy (non-hydrogen) atoms. The number of aliphatic imine (C=N–C) groups is 2. The Kier molecular flexibility index (Phi) is 8.24. The van der Waals surface area contributed by atoms with E-state index >= 15 is 0 Å². The summed E-state index contributed by atoms with van der Waals surface area (Å²) in [7, 11) is 0. The Labute approximate surface area is 241 Å². The number of halogens is 2. The number of benzene rings is 4. The number of hydrogen-bond donors (Lipinski definition) is 2. The zero-order valence-corrected chi connectivity index (χ0v) is 25.5. The van der Waals surface area contributed by atoms with E-state index in [1.165, 1.54) is 0 Å². The molecule has 0 aliphatic heterocycles. The lowest BCUT2D eigenvalue weighted by atomic mass is 10.00. The third-order valence-corrected chi connectivity index (χ3v) is 8.90. The van der Waals surface area contributed by atoms with Gasteiger partial charge in [-0.15, -0.1) is 0 Å². The minimum atomic E-state index is 0.199. The summed E-state index contributed by atoms with van der Waals surface area (Å²) in [6, 6.07) is 16.2. The van der Waals surface area contributed by atoms with Crippen molar-refractivity contribution in [1.82, 2.24) is 0 Å². The molecular formula is C32H30Br2N2O2. The largest absolute Gasteiger partial charge is 0.506 e. The molecule has 4 aromatic rings. The topological polar surface area (TPSA) is 65.2 Å². The molecule has 0 heterocycles. The minimum absolute atomic E-state index is 0.199. The third kappa shape index (κ3) is 5.62. The molecule has 0 saturated heterocycles. The smallest absolute Gasteiger partial charge is 0.138 e. The summed E-state index contributed by atoms with van der Waals surface area (Å²) in [6.07, 6.45) is 3.41. The first-order chi connectivity index (χ1) is 18.0. The van der Waals surface area contributed by atoms with E-state index in [2.05, 4.69) is 66.1 Å². The van der Waals surface area contributed by atoms with Gasteiger partial charge in [0.25, 0.3) is 0 Å². The van der Waals surface area contributed by atoms with E-state index in [9.17, 15) is 10.2 Å². The fourth-order valence-corrected chi connectivity index (χ4v) is 5.29. The van der Waals surface area contributed by atoms with Crippen LogP contribution in [0.4, 0.5) is 11.4 Å². The van der Waals surface area contributed by atoms with Gasteiger partial charge in [0.1, 0.15) is 11.5 Å². The molecule has 6 heteroatoms. The maximum Gasteiger partial charge on any atom is 0.138 e. The molecule has 0 fully saturated rings. The van der Waals surface area contributed by atoms with Crippen molar-refractivity contribution >= 4 is 55.7 Å². The Morgan fingerprint density at radius 3 is 1.26 bits per heavy atom. The van der Waals surface area contributed by atoms with Gasteiger partial charge in [-0.05, 0) is 154 Å². The fourth-order valence-electron chi connectivity index (χ4n) is 4.21. The van der Waals surface area contributed by atoms with Crippen molar-refractivity contribution < 1.29 is 10.2 Å². The van der Waals surface area contributed by atoms with Crippen molar-refractivity contribution in [3.05, 3.63) is 102 Å². The van der Waals surface area contributed by atoms with Gasteiger partial charge >= 0.3 is 0 Å². The van der Waals surface area contributed by atoms with Crippen LogP contribution >= 0.6 is 31.9 Å². The molecule has 0 aliphatic carbocycles. The van der Waals surface area contributed by atoms with Crippen LogP contribution in [0.1, 0.15) is 44.5 Å². The number of rotatable bonds is 5. The Morgan fingerprint density at radius 2 is 0.921 bits per heavy atom. The first-order valence-corrected chi connectivity index (χ1v) is 13.8. The van der Waals surface area contributed by atoms with Crippen molar-refractivity contribution in [2.24, 2.45) is 9.98 Å². The van der Waals surface area contributed by atoms with E-state index in [1.807, 2.05) is 65.8 Å². The van der Waals surface area contributed by atoms with Gasteiger partial charge in [-0.2, -0.15) is 0 Å². The first kappa shape index (κ1) is 27.8. The predicted octanol–water partition coefficient (Wildman–Crippen LogP) is 9.64. The van der Waals surface area contributed by atoms with Crippen molar-refractivity contribution in [3.8, 4) is 22.6 Å². The van der Waals surface area contributed by atoms with Crippen LogP contribution in [0.5, 0.6) is 11.5 Å². The highest BCUT2D eigenvalue weighted by atomic mass is 79.9. The van der Waals surface area contributed by atoms with Gasteiger partial charge in [0, 0.05) is 23.6 Å². The first-order valence-electron chi connectivity index (χ1n) is 12.2. The highest BCUT2D eigenvalue weighted by molar-refractivity contribution is 9.11. The van der Waals surface area contributed by atoms with Gasteiger partial charge in [-0.3, -0.25) is 9.98 Å². The molecule has 4 nitrogen and oxygen atoms in total. The monoisotopic (exact) mass is 632 g/mol. The van der Waals surface area contributed by atoms with Gasteiger partial charge in [0.15, 0.2) is 0 Å². The van der Waals surface area contributed by atoms with Crippen molar-refractivity contribution in [1.29, 1.82) is 0 Å². The average molecular weight is 634 g/mol. The molecule has 0 atom stereocenters.